The number of para-hydroxylation sites is 1. The predicted octanol–water partition coefficient (Wildman–Crippen LogP) is 3.67. The highest BCUT2D eigenvalue weighted by molar-refractivity contribution is 7.98. The molecule has 0 saturated carbocycles. The van der Waals surface area contributed by atoms with Crippen LogP contribution in [0, 0.1) is 6.92 Å². The maximum Gasteiger partial charge on any atom is 0.343 e. The first-order chi connectivity index (χ1) is 17.5. The molecule has 0 unspecified atom stereocenters. The van der Waals surface area contributed by atoms with Crippen LogP contribution in [0.1, 0.15) is 21.6 Å². The Morgan fingerprint density at radius 1 is 1.06 bits per heavy atom. The van der Waals surface area contributed by atoms with Crippen LogP contribution in [0.3, 0.4) is 0 Å². The van der Waals surface area contributed by atoms with Crippen LogP contribution in [0.25, 0.3) is 33.6 Å². The second kappa shape index (κ2) is 8.61. The van der Waals surface area contributed by atoms with Crippen LogP contribution in [0.4, 0.5) is 0 Å². The number of aryl methyl sites for hydroxylation is 1. The summed E-state index contributed by atoms with van der Waals surface area (Å²) in [5.74, 6) is 0.478. The Morgan fingerprint density at radius 2 is 1.86 bits per heavy atom. The lowest BCUT2D eigenvalue weighted by molar-refractivity contribution is 0.0602. The number of thioether (sulfide) groups is 1. The first-order valence-corrected chi connectivity index (χ1v) is 12.0. The van der Waals surface area contributed by atoms with Gasteiger partial charge < -0.3 is 4.74 Å². The van der Waals surface area contributed by atoms with Gasteiger partial charge in [-0.05, 0) is 19.1 Å². The zero-order valence-corrected chi connectivity index (χ0v) is 20.1. The summed E-state index contributed by atoms with van der Waals surface area (Å²) in [4.78, 5) is 34.1. The SMILES string of the molecule is COC(=O)c1c[nH]n2c(=O)cc(CSc3nnc4c5ccccc5nc(-c5ccc(C)cc5)n34)nc12. The highest BCUT2D eigenvalue weighted by atomic mass is 32.2. The number of benzene rings is 2. The lowest BCUT2D eigenvalue weighted by Gasteiger charge is -2.10. The fraction of sp³-hybridized carbons (Fsp3) is 0.120. The third-order valence-electron chi connectivity index (χ3n) is 5.83. The number of hydrogen-bond acceptors (Lipinski definition) is 8. The number of fused-ring (bicyclic) bond motifs is 4. The summed E-state index contributed by atoms with van der Waals surface area (Å²) in [5.41, 5.74) is 4.18. The van der Waals surface area contributed by atoms with Crippen molar-refractivity contribution < 1.29 is 9.53 Å². The lowest BCUT2D eigenvalue weighted by atomic mass is 10.1. The molecule has 178 valence electrons. The molecule has 0 saturated heterocycles. The largest absolute Gasteiger partial charge is 0.465 e. The highest BCUT2D eigenvalue weighted by Crippen LogP contribution is 2.30. The number of carbonyl (C=O) groups excluding carboxylic acids is 1. The molecule has 0 aliphatic rings. The zero-order chi connectivity index (χ0) is 24.8. The number of H-pyrrole nitrogens is 1. The number of aromatic amines is 1. The van der Waals surface area contributed by atoms with E-state index in [1.807, 2.05) is 59.9 Å². The van der Waals surface area contributed by atoms with Gasteiger partial charge in [0.25, 0.3) is 5.56 Å². The predicted molar refractivity (Wildman–Crippen MR) is 135 cm³/mol. The van der Waals surface area contributed by atoms with Crippen molar-refractivity contribution in [3.05, 3.63) is 88.0 Å². The maximum absolute atomic E-state index is 12.6. The van der Waals surface area contributed by atoms with Crippen molar-refractivity contribution in [2.24, 2.45) is 0 Å². The molecule has 0 amide bonds. The standard InChI is InChI=1S/C25H19N7O3S/c1-14-7-9-15(10-8-14)21-28-19-6-4-3-5-17(19)23-29-30-25(31(21)23)36-13-16-11-20(33)32-22(27-16)18(12-26-32)24(34)35-2/h3-12,26H,13H2,1-2H3. The van der Waals surface area contributed by atoms with E-state index in [1.54, 1.807) is 0 Å². The Morgan fingerprint density at radius 3 is 2.67 bits per heavy atom. The number of esters is 1. The van der Waals surface area contributed by atoms with E-state index >= 15 is 0 Å². The molecule has 0 bridgehead atoms. The van der Waals surface area contributed by atoms with Gasteiger partial charge in [-0.3, -0.25) is 14.3 Å². The van der Waals surface area contributed by atoms with E-state index in [0.29, 0.717) is 22.3 Å². The van der Waals surface area contributed by atoms with E-state index in [0.717, 1.165) is 27.9 Å². The Kier molecular flexibility index (Phi) is 5.26. The molecule has 0 aliphatic heterocycles. The molecule has 4 heterocycles. The molecule has 11 heteroatoms. The minimum Gasteiger partial charge on any atom is -0.465 e. The average molecular weight is 498 g/mol. The topological polar surface area (TPSA) is 120 Å². The smallest absolute Gasteiger partial charge is 0.343 e. The fourth-order valence-electron chi connectivity index (χ4n) is 4.05. The van der Waals surface area contributed by atoms with Crippen molar-refractivity contribution in [1.82, 2.24) is 34.2 Å². The second-order valence-corrected chi connectivity index (χ2v) is 9.11. The maximum atomic E-state index is 12.6. The first kappa shape index (κ1) is 22.0. The molecule has 0 radical (unpaired) electrons. The Bertz CT molecular complexity index is 1840. The summed E-state index contributed by atoms with van der Waals surface area (Å²) in [6.45, 7) is 2.04. The van der Waals surface area contributed by atoms with Crippen LogP contribution in [0.15, 0.2) is 70.7 Å². The summed E-state index contributed by atoms with van der Waals surface area (Å²) in [6.07, 6.45) is 1.41. The lowest BCUT2D eigenvalue weighted by Crippen LogP contribution is -2.16. The molecule has 2 aromatic carbocycles. The monoisotopic (exact) mass is 497 g/mol. The summed E-state index contributed by atoms with van der Waals surface area (Å²) in [5, 5.41) is 13.2. The molecule has 4 aromatic heterocycles. The molecular weight excluding hydrogens is 478 g/mol. The van der Waals surface area contributed by atoms with Gasteiger partial charge in [0, 0.05) is 29.0 Å². The van der Waals surface area contributed by atoms with E-state index in [1.165, 1.54) is 35.7 Å². The molecule has 6 rings (SSSR count). The summed E-state index contributed by atoms with van der Waals surface area (Å²) < 4.78 is 7.94. The third kappa shape index (κ3) is 3.60. The van der Waals surface area contributed by atoms with Gasteiger partial charge in [0.1, 0.15) is 11.4 Å². The number of carbonyl (C=O) groups is 1. The molecule has 0 atom stereocenters. The third-order valence-corrected chi connectivity index (χ3v) is 6.79. The molecule has 0 fully saturated rings. The quantitative estimate of drug-likeness (QED) is 0.283. The van der Waals surface area contributed by atoms with Crippen molar-refractivity contribution in [2.75, 3.05) is 7.11 Å². The van der Waals surface area contributed by atoms with Gasteiger partial charge in [-0.25, -0.2) is 19.3 Å². The number of hydrogen-bond donors (Lipinski definition) is 1. The van der Waals surface area contributed by atoms with E-state index < -0.39 is 5.97 Å². The summed E-state index contributed by atoms with van der Waals surface area (Å²) in [7, 11) is 1.28. The van der Waals surface area contributed by atoms with E-state index in [9.17, 15) is 9.59 Å². The van der Waals surface area contributed by atoms with Crippen molar-refractivity contribution in [2.45, 2.75) is 17.8 Å². The van der Waals surface area contributed by atoms with Gasteiger partial charge in [-0.2, -0.15) is 0 Å². The van der Waals surface area contributed by atoms with Crippen LogP contribution < -0.4 is 5.56 Å². The molecule has 1 N–H and O–H groups in total. The van der Waals surface area contributed by atoms with Crippen LogP contribution in [0.5, 0.6) is 0 Å². The molecule has 0 aliphatic carbocycles. The summed E-state index contributed by atoms with van der Waals surface area (Å²) >= 11 is 1.38. The van der Waals surface area contributed by atoms with Crippen LogP contribution in [-0.4, -0.2) is 47.3 Å². The number of ether oxygens (including phenoxy) is 1. The van der Waals surface area contributed by atoms with Crippen molar-refractivity contribution >= 4 is 39.9 Å². The van der Waals surface area contributed by atoms with Crippen molar-refractivity contribution in [3.63, 3.8) is 0 Å². The van der Waals surface area contributed by atoms with Gasteiger partial charge >= 0.3 is 5.97 Å². The van der Waals surface area contributed by atoms with Crippen LogP contribution in [-0.2, 0) is 10.5 Å². The van der Waals surface area contributed by atoms with E-state index in [4.69, 9.17) is 9.72 Å². The van der Waals surface area contributed by atoms with Gasteiger partial charge in [-0.15, -0.1) is 10.2 Å². The highest BCUT2D eigenvalue weighted by Gasteiger charge is 2.19. The molecule has 36 heavy (non-hydrogen) atoms. The van der Waals surface area contributed by atoms with Crippen LogP contribution >= 0.6 is 11.8 Å². The Labute approximate surface area is 208 Å². The number of nitrogens with zero attached hydrogens (tertiary/aromatic N) is 6. The average Bonchev–Trinajstić information content (AvgIpc) is 3.52. The first-order valence-electron chi connectivity index (χ1n) is 11.1. The fourth-order valence-corrected chi connectivity index (χ4v) is 4.88. The van der Waals surface area contributed by atoms with Gasteiger partial charge in [0.05, 0.1) is 18.3 Å². The second-order valence-electron chi connectivity index (χ2n) is 8.17. The van der Waals surface area contributed by atoms with Crippen molar-refractivity contribution in [3.8, 4) is 11.4 Å². The molecular formula is C25H19N7O3S. The number of aromatic nitrogens is 7. The molecule has 10 nitrogen and oxygen atoms in total. The Balaban J connectivity index is 1.45. The minimum absolute atomic E-state index is 0.187. The zero-order valence-electron chi connectivity index (χ0n) is 19.3. The van der Waals surface area contributed by atoms with Crippen LogP contribution in [0.2, 0.25) is 0 Å². The minimum atomic E-state index is -0.574. The van der Waals surface area contributed by atoms with Gasteiger partial charge in [-0.1, -0.05) is 53.7 Å². The number of nitrogens with one attached hydrogen (secondary N) is 1. The van der Waals surface area contributed by atoms with Crippen molar-refractivity contribution in [1.29, 1.82) is 0 Å². The number of rotatable bonds is 5. The number of methoxy groups -OCH3 is 1. The van der Waals surface area contributed by atoms with E-state index in [-0.39, 0.29) is 16.8 Å². The van der Waals surface area contributed by atoms with E-state index in [2.05, 4.69) is 20.3 Å². The molecule has 0 spiro atoms. The normalized spacial score (nSPS) is 11.5. The van der Waals surface area contributed by atoms with Gasteiger partial charge in [0.2, 0.25) is 0 Å². The van der Waals surface area contributed by atoms with Gasteiger partial charge in [0.15, 0.2) is 16.5 Å². The molecule has 6 aromatic rings. The summed E-state index contributed by atoms with van der Waals surface area (Å²) in [6, 6.07) is 17.4. The Hall–Kier alpha value is -4.51.